The third kappa shape index (κ3) is 3.30. The molecule has 28 heavy (non-hydrogen) atoms. The van der Waals surface area contributed by atoms with Crippen LogP contribution in [0, 0.1) is 0 Å². The Labute approximate surface area is 153 Å². The lowest BCUT2D eigenvalue weighted by atomic mass is 9.98. The molecule has 1 amide bonds. The summed E-state index contributed by atoms with van der Waals surface area (Å²) in [6.45, 7) is -0.737. The molecule has 0 spiro atoms. The Balaban J connectivity index is 2.05. The number of nitrogens with zero attached hydrogens (tertiary/aromatic N) is 2. The van der Waals surface area contributed by atoms with Gasteiger partial charge in [-0.25, -0.2) is 13.8 Å². The first-order valence-electron chi connectivity index (χ1n) is 7.77. The van der Waals surface area contributed by atoms with Crippen LogP contribution in [0.5, 0.6) is 0 Å². The maximum Gasteiger partial charge on any atom is 0.433 e. The zero-order chi connectivity index (χ0) is 20.9. The Morgan fingerprint density at radius 1 is 1.11 bits per heavy atom. The van der Waals surface area contributed by atoms with E-state index >= 15 is 0 Å². The summed E-state index contributed by atoms with van der Waals surface area (Å²) in [6.07, 6.45) is -10.7. The summed E-state index contributed by atoms with van der Waals surface area (Å²) < 4.78 is 92.9. The molecule has 1 aromatic carbocycles. The van der Waals surface area contributed by atoms with E-state index < -0.39 is 59.6 Å². The van der Waals surface area contributed by atoms with E-state index in [9.17, 15) is 40.6 Å². The molecule has 2 aromatic rings. The number of alkyl halides is 7. The number of fused-ring (bicyclic) bond motifs is 1. The van der Waals surface area contributed by atoms with Gasteiger partial charge in [-0.3, -0.25) is 4.79 Å². The molecular weight excluding hydrogens is 397 g/mol. The second-order valence-corrected chi connectivity index (χ2v) is 6.00. The highest BCUT2D eigenvalue weighted by atomic mass is 19.4. The van der Waals surface area contributed by atoms with E-state index in [0.717, 1.165) is 30.3 Å². The lowest BCUT2D eigenvalue weighted by molar-refractivity contribution is -0.142. The molecule has 11 heteroatoms. The van der Waals surface area contributed by atoms with E-state index in [2.05, 4.69) is 4.98 Å². The highest BCUT2D eigenvalue weighted by Gasteiger charge is 2.55. The molecule has 0 saturated heterocycles. The molecule has 150 valence electrons. The molecule has 1 aromatic heterocycles. The summed E-state index contributed by atoms with van der Waals surface area (Å²) in [5.41, 5.74) is -4.01. The number of halogens is 7. The highest BCUT2D eigenvalue weighted by molar-refractivity contribution is 6.06. The first-order chi connectivity index (χ1) is 12.9. The van der Waals surface area contributed by atoms with Gasteiger partial charge in [-0.15, -0.1) is 0 Å². The monoisotopic (exact) mass is 408 g/mol. The van der Waals surface area contributed by atoms with Crippen molar-refractivity contribution in [2.24, 2.45) is 0 Å². The fourth-order valence-corrected chi connectivity index (χ4v) is 2.94. The lowest BCUT2D eigenvalue weighted by Crippen LogP contribution is -2.34. The second-order valence-electron chi connectivity index (χ2n) is 6.00. The van der Waals surface area contributed by atoms with Crippen LogP contribution in [0.25, 0.3) is 0 Å². The van der Waals surface area contributed by atoms with Gasteiger partial charge in [0.15, 0.2) is 0 Å². The van der Waals surface area contributed by atoms with Crippen LogP contribution in [0.4, 0.5) is 36.4 Å². The average Bonchev–Trinajstić information content (AvgIpc) is 2.81. The molecule has 0 bridgehead atoms. The molecule has 4 nitrogen and oxygen atoms in total. The van der Waals surface area contributed by atoms with Crippen molar-refractivity contribution in [3.63, 3.8) is 0 Å². The number of benzene rings is 1. The quantitative estimate of drug-likeness (QED) is 0.778. The van der Waals surface area contributed by atoms with E-state index in [4.69, 9.17) is 0 Å². The maximum absolute atomic E-state index is 14.5. The van der Waals surface area contributed by atoms with E-state index in [1.54, 1.807) is 0 Å². The van der Waals surface area contributed by atoms with Crippen LogP contribution in [0.2, 0.25) is 0 Å². The van der Waals surface area contributed by atoms with Gasteiger partial charge in [0.05, 0.1) is 23.5 Å². The van der Waals surface area contributed by atoms with Gasteiger partial charge in [0.2, 0.25) is 0 Å². The average molecular weight is 408 g/mol. The van der Waals surface area contributed by atoms with Crippen LogP contribution < -0.4 is 4.90 Å². The van der Waals surface area contributed by atoms with Crippen LogP contribution >= 0.6 is 0 Å². The maximum atomic E-state index is 14.5. The minimum Gasteiger partial charge on any atom is -0.382 e. The number of pyridine rings is 1. The van der Waals surface area contributed by atoms with Gasteiger partial charge < -0.3 is 10.0 Å². The first-order valence-corrected chi connectivity index (χ1v) is 7.77. The molecule has 0 aliphatic carbocycles. The summed E-state index contributed by atoms with van der Waals surface area (Å²) in [7, 11) is 0. The number of carbonyl (C=O) groups is 1. The SMILES string of the molecule is O=C1N(Cc2cccc(C(F)(F)F)n2)c2cccc(C(O)C(F)F)c2C1(F)F. The summed E-state index contributed by atoms with van der Waals surface area (Å²) in [6, 6.07) is 5.74. The number of carbonyl (C=O) groups excluding carboxylic acids is 1. The van der Waals surface area contributed by atoms with Crippen molar-refractivity contribution in [2.45, 2.75) is 31.2 Å². The number of aliphatic hydroxyl groups is 1. The van der Waals surface area contributed by atoms with Crippen LogP contribution in [0.15, 0.2) is 36.4 Å². The molecule has 1 N–H and O–H groups in total. The zero-order valence-electron chi connectivity index (χ0n) is 13.7. The topological polar surface area (TPSA) is 53.4 Å². The Kier molecular flexibility index (Phi) is 4.82. The minimum absolute atomic E-state index is 0.327. The Hall–Kier alpha value is -2.69. The van der Waals surface area contributed by atoms with E-state index in [1.165, 1.54) is 0 Å². The Bertz CT molecular complexity index is 915. The van der Waals surface area contributed by atoms with Gasteiger partial charge in [-0.1, -0.05) is 18.2 Å². The number of aromatic nitrogens is 1. The van der Waals surface area contributed by atoms with Crippen LogP contribution in [0.3, 0.4) is 0 Å². The Morgan fingerprint density at radius 3 is 2.36 bits per heavy atom. The minimum atomic E-state index is -4.78. The largest absolute Gasteiger partial charge is 0.433 e. The fourth-order valence-electron chi connectivity index (χ4n) is 2.94. The molecule has 1 unspecified atom stereocenters. The summed E-state index contributed by atoms with van der Waals surface area (Å²) in [4.78, 5) is 15.9. The van der Waals surface area contributed by atoms with Crippen molar-refractivity contribution in [1.82, 2.24) is 4.98 Å². The molecule has 0 saturated carbocycles. The summed E-state index contributed by atoms with van der Waals surface area (Å²) in [5, 5.41) is 9.53. The summed E-state index contributed by atoms with van der Waals surface area (Å²) >= 11 is 0. The van der Waals surface area contributed by atoms with Gasteiger partial charge in [0.1, 0.15) is 11.8 Å². The van der Waals surface area contributed by atoms with Gasteiger partial charge in [-0.2, -0.15) is 22.0 Å². The number of aliphatic hydroxyl groups excluding tert-OH is 1. The normalized spacial score (nSPS) is 17.2. The van der Waals surface area contributed by atoms with Gasteiger partial charge in [-0.05, 0) is 23.8 Å². The number of rotatable bonds is 4. The Morgan fingerprint density at radius 2 is 1.75 bits per heavy atom. The van der Waals surface area contributed by atoms with Crippen LogP contribution in [-0.2, 0) is 23.4 Å². The molecule has 1 aliphatic rings. The number of amides is 1. The van der Waals surface area contributed by atoms with E-state index in [-0.39, 0.29) is 5.69 Å². The molecule has 2 heterocycles. The number of anilines is 1. The lowest BCUT2D eigenvalue weighted by Gasteiger charge is -2.18. The molecular formula is C17H11F7N2O2. The molecule has 3 rings (SSSR count). The van der Waals surface area contributed by atoms with Crippen molar-refractivity contribution in [3.8, 4) is 0 Å². The van der Waals surface area contributed by atoms with Crippen molar-refractivity contribution in [3.05, 3.63) is 58.9 Å². The third-order valence-corrected chi connectivity index (χ3v) is 4.17. The van der Waals surface area contributed by atoms with Crippen molar-refractivity contribution < 1.29 is 40.6 Å². The third-order valence-electron chi connectivity index (χ3n) is 4.17. The predicted molar refractivity (Wildman–Crippen MR) is 81.7 cm³/mol. The standard InChI is InChI=1S/C17H11F7N2O2/c18-14(19)13(27)9-4-2-5-10-12(9)16(20,21)15(28)26(10)7-8-3-1-6-11(25-8)17(22,23)24/h1-6,13-14,27H,7H2. The van der Waals surface area contributed by atoms with Crippen molar-refractivity contribution in [2.75, 3.05) is 4.90 Å². The number of hydrogen-bond acceptors (Lipinski definition) is 3. The fraction of sp³-hybridized carbons (Fsp3) is 0.294. The zero-order valence-corrected chi connectivity index (χ0v) is 13.7. The van der Waals surface area contributed by atoms with Crippen LogP contribution in [-0.4, -0.2) is 22.4 Å². The molecule has 0 fully saturated rings. The summed E-state index contributed by atoms with van der Waals surface area (Å²) in [5.74, 6) is -6.04. The second kappa shape index (κ2) is 6.73. The molecule has 1 atom stereocenters. The van der Waals surface area contributed by atoms with Crippen molar-refractivity contribution >= 4 is 11.6 Å². The van der Waals surface area contributed by atoms with Crippen molar-refractivity contribution in [1.29, 1.82) is 0 Å². The van der Waals surface area contributed by atoms with Crippen LogP contribution in [0.1, 0.15) is 28.6 Å². The molecule has 1 aliphatic heterocycles. The predicted octanol–water partition coefficient (Wildman–Crippen LogP) is 4.04. The van der Waals surface area contributed by atoms with Gasteiger partial charge in [0.25, 0.3) is 6.43 Å². The van der Waals surface area contributed by atoms with Gasteiger partial charge >= 0.3 is 18.0 Å². The van der Waals surface area contributed by atoms with E-state index in [1.807, 2.05) is 0 Å². The molecule has 0 radical (unpaired) electrons. The smallest absolute Gasteiger partial charge is 0.382 e. The first kappa shape index (κ1) is 20.1. The highest BCUT2D eigenvalue weighted by Crippen LogP contribution is 2.48. The number of hydrogen-bond donors (Lipinski definition) is 1. The van der Waals surface area contributed by atoms with Gasteiger partial charge in [0, 0.05) is 0 Å². The van der Waals surface area contributed by atoms with E-state index in [0.29, 0.717) is 11.0 Å².